The number of hydrogen-bond donors (Lipinski definition) is 1. The third kappa shape index (κ3) is 4.69. The van der Waals surface area contributed by atoms with Gasteiger partial charge in [0.25, 0.3) is 0 Å². The maximum Gasteiger partial charge on any atom is 0.435 e. The normalized spacial score (nSPS) is 13.4. The van der Waals surface area contributed by atoms with Crippen LogP contribution in [0.3, 0.4) is 0 Å². The van der Waals surface area contributed by atoms with E-state index in [2.05, 4.69) is 15.9 Å². The molecule has 32 heavy (non-hydrogen) atoms. The van der Waals surface area contributed by atoms with Crippen LogP contribution in [-0.4, -0.2) is 18.1 Å². The molecule has 2 aromatic carbocycles. The van der Waals surface area contributed by atoms with Crippen molar-refractivity contribution in [2.24, 2.45) is 0 Å². The summed E-state index contributed by atoms with van der Waals surface area (Å²) in [7, 11) is 0. The highest BCUT2D eigenvalue weighted by Gasteiger charge is 2.73. The van der Waals surface area contributed by atoms with E-state index in [1.165, 1.54) is 0 Å². The van der Waals surface area contributed by atoms with Crippen molar-refractivity contribution >= 4 is 27.4 Å². The molecule has 2 nitrogen and oxygen atoms in total. The molecule has 0 aliphatic rings. The Hall–Kier alpha value is -2.38. The fourth-order valence-electron chi connectivity index (χ4n) is 2.74. The zero-order valence-electron chi connectivity index (χ0n) is 15.1. The van der Waals surface area contributed by atoms with Gasteiger partial charge in [0, 0.05) is 22.0 Å². The van der Waals surface area contributed by atoms with Crippen LogP contribution in [0.15, 0.2) is 34.8 Å². The van der Waals surface area contributed by atoms with Crippen molar-refractivity contribution in [3.63, 3.8) is 0 Å². The summed E-state index contributed by atoms with van der Waals surface area (Å²) in [5.41, 5.74) is -7.29. The fourth-order valence-corrected chi connectivity index (χ4v) is 3.34. The summed E-state index contributed by atoms with van der Waals surface area (Å²) in [5.74, 6) is -2.06. The SMILES string of the molecule is Nc1cc(C(=O)Cc2c(Br)cc(C(F)(C(F)(F)F)C(F)(F)F)cc2C(F)(F)F)ccc1F. The van der Waals surface area contributed by atoms with E-state index in [4.69, 9.17) is 5.73 Å². The van der Waals surface area contributed by atoms with E-state index < -0.39 is 75.1 Å². The molecule has 2 rings (SSSR count). The number of ketones is 1. The quantitative estimate of drug-likeness (QED) is 0.259. The van der Waals surface area contributed by atoms with Crippen molar-refractivity contribution in [2.45, 2.75) is 30.6 Å². The standard InChI is InChI=1S/C18H9BrF11NO/c19-11-5-8(15(21,17(25,26)27)18(28,29)30)4-10(16(22,23)24)9(11)6-14(32)7-1-2-12(20)13(31)3-7/h1-5H,6,31H2. The molecule has 0 bridgehead atoms. The molecular formula is C18H9BrF11NO. The van der Waals surface area contributed by atoms with E-state index in [0.717, 1.165) is 18.2 Å². The van der Waals surface area contributed by atoms with E-state index in [0.29, 0.717) is 0 Å². The van der Waals surface area contributed by atoms with Gasteiger partial charge in [-0.05, 0) is 35.9 Å². The van der Waals surface area contributed by atoms with Crippen molar-refractivity contribution in [3.05, 3.63) is 62.9 Å². The second kappa shape index (κ2) is 8.19. The van der Waals surface area contributed by atoms with E-state index in [-0.39, 0.29) is 11.6 Å². The molecule has 2 aromatic rings. The number of halogens is 12. The Kier molecular flexibility index (Phi) is 6.63. The monoisotopic (exact) mass is 543 g/mol. The van der Waals surface area contributed by atoms with Crippen LogP contribution in [0.4, 0.5) is 54.0 Å². The summed E-state index contributed by atoms with van der Waals surface area (Å²) in [6, 6.07) is 1.61. The minimum absolute atomic E-state index is 0.127. The van der Waals surface area contributed by atoms with E-state index in [9.17, 15) is 53.1 Å². The van der Waals surface area contributed by atoms with E-state index in [1.54, 1.807) is 0 Å². The summed E-state index contributed by atoms with van der Waals surface area (Å²) in [6.07, 6.45) is -20.0. The highest BCUT2D eigenvalue weighted by molar-refractivity contribution is 9.10. The van der Waals surface area contributed by atoms with Gasteiger partial charge in [-0.25, -0.2) is 8.78 Å². The van der Waals surface area contributed by atoms with Crippen molar-refractivity contribution in [2.75, 3.05) is 5.73 Å². The number of alkyl halides is 10. The molecule has 0 spiro atoms. The number of Topliss-reactive ketones (excluding diaryl/α,β-unsaturated/α-hetero) is 1. The average Bonchev–Trinajstić information content (AvgIpc) is 2.61. The van der Waals surface area contributed by atoms with Crippen LogP contribution in [-0.2, 0) is 18.3 Å². The average molecular weight is 544 g/mol. The van der Waals surface area contributed by atoms with Crippen molar-refractivity contribution in [1.82, 2.24) is 0 Å². The van der Waals surface area contributed by atoms with Gasteiger partial charge in [0.05, 0.1) is 11.3 Å². The smallest absolute Gasteiger partial charge is 0.396 e. The molecule has 14 heteroatoms. The first kappa shape index (κ1) is 25.9. The number of benzene rings is 2. The Morgan fingerprint density at radius 2 is 1.41 bits per heavy atom. The highest BCUT2D eigenvalue weighted by atomic mass is 79.9. The van der Waals surface area contributed by atoms with Gasteiger partial charge in [-0.1, -0.05) is 15.9 Å². The first-order valence-corrected chi connectivity index (χ1v) is 8.90. The third-order valence-corrected chi connectivity index (χ3v) is 5.04. The molecule has 0 aliphatic heterocycles. The third-order valence-electron chi connectivity index (χ3n) is 4.34. The molecule has 0 amide bonds. The predicted molar refractivity (Wildman–Crippen MR) is 92.9 cm³/mol. The zero-order valence-corrected chi connectivity index (χ0v) is 16.7. The lowest BCUT2D eigenvalue weighted by atomic mass is 9.89. The number of carbonyl (C=O) groups is 1. The number of nitrogen functional groups attached to an aromatic ring is 1. The Balaban J connectivity index is 2.69. The summed E-state index contributed by atoms with van der Waals surface area (Å²) in [6.45, 7) is 0. The second-order valence-corrected chi connectivity index (χ2v) is 7.33. The van der Waals surface area contributed by atoms with Crippen molar-refractivity contribution < 1.29 is 53.1 Å². The van der Waals surface area contributed by atoms with Gasteiger partial charge in [-0.2, -0.15) is 39.5 Å². The molecule has 0 unspecified atom stereocenters. The largest absolute Gasteiger partial charge is 0.435 e. The van der Waals surface area contributed by atoms with E-state index >= 15 is 0 Å². The van der Waals surface area contributed by atoms with Crippen LogP contribution in [0.25, 0.3) is 0 Å². The maximum atomic E-state index is 14.3. The van der Waals surface area contributed by atoms with Gasteiger partial charge in [-0.15, -0.1) is 0 Å². The number of rotatable bonds is 4. The lowest BCUT2D eigenvalue weighted by Crippen LogP contribution is -2.50. The Morgan fingerprint density at radius 1 is 0.875 bits per heavy atom. The lowest BCUT2D eigenvalue weighted by Gasteiger charge is -2.31. The van der Waals surface area contributed by atoms with Crippen molar-refractivity contribution in [3.8, 4) is 0 Å². The molecule has 0 saturated carbocycles. The number of anilines is 1. The summed E-state index contributed by atoms with van der Waals surface area (Å²) in [5, 5.41) is 0. The molecule has 2 N–H and O–H groups in total. The number of nitrogens with two attached hydrogens (primary N) is 1. The molecule has 0 fully saturated rings. The Bertz CT molecular complexity index is 1030. The summed E-state index contributed by atoms with van der Waals surface area (Å²) >= 11 is 2.41. The molecule has 0 heterocycles. The van der Waals surface area contributed by atoms with Crippen LogP contribution >= 0.6 is 15.9 Å². The molecule has 0 aromatic heterocycles. The van der Waals surface area contributed by atoms with Crippen LogP contribution in [0.1, 0.15) is 27.0 Å². The second-order valence-electron chi connectivity index (χ2n) is 6.47. The molecule has 0 radical (unpaired) electrons. The fraction of sp³-hybridized carbons (Fsp3) is 0.278. The topological polar surface area (TPSA) is 43.1 Å². The zero-order chi connectivity index (χ0) is 24.9. The molecular weight excluding hydrogens is 535 g/mol. The van der Waals surface area contributed by atoms with Gasteiger partial charge in [0.15, 0.2) is 5.78 Å². The van der Waals surface area contributed by atoms with Gasteiger partial charge >= 0.3 is 24.2 Å². The van der Waals surface area contributed by atoms with Crippen LogP contribution in [0.2, 0.25) is 0 Å². The molecule has 176 valence electrons. The van der Waals surface area contributed by atoms with Gasteiger partial charge in [-0.3, -0.25) is 4.79 Å². The maximum absolute atomic E-state index is 14.3. The molecule has 0 aliphatic carbocycles. The molecule has 0 saturated heterocycles. The lowest BCUT2D eigenvalue weighted by molar-refractivity contribution is -0.348. The van der Waals surface area contributed by atoms with Crippen LogP contribution in [0, 0.1) is 5.82 Å². The first-order chi connectivity index (χ1) is 14.3. The molecule has 0 atom stereocenters. The van der Waals surface area contributed by atoms with Crippen LogP contribution in [0.5, 0.6) is 0 Å². The first-order valence-electron chi connectivity index (χ1n) is 8.11. The Labute approximate surface area is 180 Å². The number of hydrogen-bond acceptors (Lipinski definition) is 2. The van der Waals surface area contributed by atoms with Crippen molar-refractivity contribution in [1.29, 1.82) is 0 Å². The van der Waals surface area contributed by atoms with Gasteiger partial charge < -0.3 is 5.73 Å². The minimum atomic E-state index is -6.64. The predicted octanol–water partition coefficient (Wildman–Crippen LogP) is 6.90. The number of carbonyl (C=O) groups excluding carboxylic acids is 1. The van der Waals surface area contributed by atoms with Crippen LogP contribution < -0.4 is 5.73 Å². The minimum Gasteiger partial charge on any atom is -0.396 e. The van der Waals surface area contributed by atoms with E-state index in [1.807, 2.05) is 0 Å². The van der Waals surface area contributed by atoms with Gasteiger partial charge in [0.1, 0.15) is 5.82 Å². The van der Waals surface area contributed by atoms with Gasteiger partial charge in [0.2, 0.25) is 0 Å². The Morgan fingerprint density at radius 3 is 1.84 bits per heavy atom. The highest BCUT2D eigenvalue weighted by Crippen LogP contribution is 2.54. The summed E-state index contributed by atoms with van der Waals surface area (Å²) in [4.78, 5) is 12.3. The summed E-state index contributed by atoms with van der Waals surface area (Å²) < 4.78 is 145.